The summed E-state index contributed by atoms with van der Waals surface area (Å²) < 4.78 is 5.82. The van der Waals surface area contributed by atoms with Crippen LogP contribution in [0.15, 0.2) is 73.1 Å². The van der Waals surface area contributed by atoms with E-state index in [9.17, 15) is 4.79 Å². The number of pyridine rings is 1. The van der Waals surface area contributed by atoms with Gasteiger partial charge in [-0.05, 0) is 36.4 Å². The lowest BCUT2D eigenvalue weighted by molar-refractivity contribution is 0.102. The van der Waals surface area contributed by atoms with Crippen molar-refractivity contribution in [2.75, 3.05) is 5.32 Å². The third-order valence-electron chi connectivity index (χ3n) is 3.13. The molecule has 0 saturated heterocycles. The summed E-state index contributed by atoms with van der Waals surface area (Å²) in [6.45, 7) is 0. The molecule has 0 unspecified atom stereocenters. The molecule has 0 saturated carbocycles. The van der Waals surface area contributed by atoms with Crippen LogP contribution in [-0.2, 0) is 0 Å². The van der Waals surface area contributed by atoms with E-state index in [4.69, 9.17) is 16.3 Å². The number of nitrogens with zero attached hydrogens (tertiary/aromatic N) is 1. The normalized spacial score (nSPS) is 10.1. The van der Waals surface area contributed by atoms with Gasteiger partial charge in [0.2, 0.25) is 0 Å². The molecule has 1 amide bonds. The number of nitrogens with one attached hydrogen (secondary N) is 1. The van der Waals surface area contributed by atoms with Crippen molar-refractivity contribution in [2.24, 2.45) is 0 Å². The Kier molecular flexibility index (Phi) is 4.54. The molecule has 114 valence electrons. The molecule has 0 spiro atoms. The smallest absolute Gasteiger partial charge is 0.255 e. The number of halogens is 1. The first-order valence-corrected chi connectivity index (χ1v) is 7.34. The van der Waals surface area contributed by atoms with E-state index in [0.29, 0.717) is 27.8 Å². The van der Waals surface area contributed by atoms with Crippen molar-refractivity contribution < 1.29 is 9.53 Å². The first kappa shape index (κ1) is 15.1. The number of amides is 1. The minimum absolute atomic E-state index is 0.234. The van der Waals surface area contributed by atoms with E-state index in [1.807, 2.05) is 24.3 Å². The molecular weight excluding hydrogens is 312 g/mol. The number of anilines is 1. The summed E-state index contributed by atoms with van der Waals surface area (Å²) in [4.78, 5) is 16.2. The minimum atomic E-state index is -0.234. The van der Waals surface area contributed by atoms with Gasteiger partial charge < -0.3 is 10.1 Å². The van der Waals surface area contributed by atoms with Crippen LogP contribution in [0.3, 0.4) is 0 Å². The summed E-state index contributed by atoms with van der Waals surface area (Å²) in [5, 5.41) is 3.33. The van der Waals surface area contributed by atoms with E-state index in [-0.39, 0.29) is 5.91 Å². The lowest BCUT2D eigenvalue weighted by atomic mass is 10.2. The van der Waals surface area contributed by atoms with Gasteiger partial charge in [-0.25, -0.2) is 0 Å². The number of ether oxygens (including phenoxy) is 1. The standard InChI is InChI=1S/C18H13ClN2O2/c19-14-5-1-3-7-16(14)23-17-8-4-2-6-15(17)21-18(22)13-9-11-20-12-10-13/h1-12H,(H,21,22). The van der Waals surface area contributed by atoms with E-state index in [1.54, 1.807) is 48.8 Å². The van der Waals surface area contributed by atoms with Crippen LogP contribution in [-0.4, -0.2) is 10.9 Å². The van der Waals surface area contributed by atoms with Gasteiger partial charge in [0.15, 0.2) is 5.75 Å². The van der Waals surface area contributed by atoms with Crippen molar-refractivity contribution in [3.8, 4) is 11.5 Å². The maximum absolute atomic E-state index is 12.3. The first-order chi connectivity index (χ1) is 11.2. The summed E-state index contributed by atoms with van der Waals surface area (Å²) in [7, 11) is 0. The van der Waals surface area contributed by atoms with Crippen LogP contribution in [0.1, 0.15) is 10.4 Å². The predicted octanol–water partition coefficient (Wildman–Crippen LogP) is 4.78. The second-order valence-corrected chi connectivity index (χ2v) is 5.13. The zero-order chi connectivity index (χ0) is 16.1. The maximum Gasteiger partial charge on any atom is 0.255 e. The highest BCUT2D eigenvalue weighted by molar-refractivity contribution is 6.32. The Balaban J connectivity index is 1.84. The number of para-hydroxylation sites is 3. The summed E-state index contributed by atoms with van der Waals surface area (Å²) in [5.74, 6) is 0.811. The quantitative estimate of drug-likeness (QED) is 0.751. The van der Waals surface area contributed by atoms with Crippen LogP contribution in [0.2, 0.25) is 5.02 Å². The fourth-order valence-corrected chi connectivity index (χ4v) is 2.18. The fourth-order valence-electron chi connectivity index (χ4n) is 2.00. The summed E-state index contributed by atoms with van der Waals surface area (Å²) >= 11 is 6.11. The van der Waals surface area contributed by atoms with Gasteiger partial charge in [-0.2, -0.15) is 0 Å². The van der Waals surface area contributed by atoms with Crippen LogP contribution >= 0.6 is 11.6 Å². The summed E-state index contributed by atoms with van der Waals surface area (Å²) in [6, 6.07) is 17.6. The summed E-state index contributed by atoms with van der Waals surface area (Å²) in [5.41, 5.74) is 1.08. The van der Waals surface area contributed by atoms with Crippen LogP contribution < -0.4 is 10.1 Å². The molecule has 0 fully saturated rings. The Bertz CT molecular complexity index is 822. The summed E-state index contributed by atoms with van der Waals surface area (Å²) in [6.07, 6.45) is 3.14. The highest BCUT2D eigenvalue weighted by atomic mass is 35.5. The van der Waals surface area contributed by atoms with Crippen LogP contribution in [0.5, 0.6) is 11.5 Å². The molecule has 3 aromatic rings. The van der Waals surface area contributed by atoms with Gasteiger partial charge in [0.05, 0.1) is 10.7 Å². The van der Waals surface area contributed by atoms with Gasteiger partial charge in [0.1, 0.15) is 5.75 Å². The Morgan fingerprint density at radius 1 is 0.913 bits per heavy atom. The lowest BCUT2D eigenvalue weighted by Gasteiger charge is -2.13. The second kappa shape index (κ2) is 6.94. The molecule has 4 nitrogen and oxygen atoms in total. The molecule has 1 aromatic heterocycles. The molecule has 5 heteroatoms. The molecule has 0 aliphatic heterocycles. The Labute approximate surface area is 138 Å². The molecule has 0 radical (unpaired) electrons. The van der Waals surface area contributed by atoms with Crippen molar-refractivity contribution in [1.82, 2.24) is 4.98 Å². The van der Waals surface area contributed by atoms with Gasteiger partial charge >= 0.3 is 0 Å². The molecule has 0 atom stereocenters. The number of hydrogen-bond acceptors (Lipinski definition) is 3. The second-order valence-electron chi connectivity index (χ2n) is 4.72. The van der Waals surface area contributed by atoms with Crippen LogP contribution in [0, 0.1) is 0 Å². The van der Waals surface area contributed by atoms with E-state index < -0.39 is 0 Å². The molecule has 23 heavy (non-hydrogen) atoms. The largest absolute Gasteiger partial charge is 0.454 e. The number of aromatic nitrogens is 1. The molecule has 1 N–H and O–H groups in total. The van der Waals surface area contributed by atoms with Gasteiger partial charge in [-0.1, -0.05) is 35.9 Å². The third-order valence-corrected chi connectivity index (χ3v) is 3.45. The average Bonchev–Trinajstić information content (AvgIpc) is 2.59. The Morgan fingerprint density at radius 3 is 2.30 bits per heavy atom. The predicted molar refractivity (Wildman–Crippen MR) is 90.2 cm³/mol. The maximum atomic E-state index is 12.3. The SMILES string of the molecule is O=C(Nc1ccccc1Oc1ccccc1Cl)c1ccncc1. The Morgan fingerprint density at radius 2 is 1.57 bits per heavy atom. The molecule has 1 heterocycles. The van der Waals surface area contributed by atoms with Gasteiger partial charge in [-0.3, -0.25) is 9.78 Å². The number of carbonyl (C=O) groups excluding carboxylic acids is 1. The molecule has 0 bridgehead atoms. The monoisotopic (exact) mass is 324 g/mol. The van der Waals surface area contributed by atoms with Gasteiger partial charge in [0, 0.05) is 18.0 Å². The van der Waals surface area contributed by atoms with E-state index in [1.165, 1.54) is 0 Å². The van der Waals surface area contributed by atoms with Crippen molar-refractivity contribution >= 4 is 23.2 Å². The topological polar surface area (TPSA) is 51.2 Å². The number of rotatable bonds is 4. The first-order valence-electron chi connectivity index (χ1n) is 6.97. The third kappa shape index (κ3) is 3.67. The molecule has 0 aliphatic rings. The molecule has 2 aromatic carbocycles. The van der Waals surface area contributed by atoms with Crippen molar-refractivity contribution in [3.05, 3.63) is 83.6 Å². The van der Waals surface area contributed by atoms with E-state index in [0.717, 1.165) is 0 Å². The van der Waals surface area contributed by atoms with Gasteiger partial charge in [0.25, 0.3) is 5.91 Å². The van der Waals surface area contributed by atoms with E-state index >= 15 is 0 Å². The van der Waals surface area contributed by atoms with Crippen molar-refractivity contribution in [1.29, 1.82) is 0 Å². The zero-order valence-electron chi connectivity index (χ0n) is 12.1. The van der Waals surface area contributed by atoms with Crippen molar-refractivity contribution in [3.63, 3.8) is 0 Å². The highest BCUT2D eigenvalue weighted by Crippen LogP contribution is 2.33. The number of carbonyl (C=O) groups is 1. The molecular formula is C18H13ClN2O2. The van der Waals surface area contributed by atoms with Gasteiger partial charge in [-0.15, -0.1) is 0 Å². The van der Waals surface area contributed by atoms with Crippen molar-refractivity contribution in [2.45, 2.75) is 0 Å². The number of benzene rings is 2. The lowest BCUT2D eigenvalue weighted by Crippen LogP contribution is -2.12. The fraction of sp³-hybridized carbons (Fsp3) is 0. The Hall–Kier alpha value is -2.85. The molecule has 3 rings (SSSR count). The number of hydrogen-bond donors (Lipinski definition) is 1. The zero-order valence-corrected chi connectivity index (χ0v) is 12.8. The average molecular weight is 325 g/mol. The molecule has 0 aliphatic carbocycles. The van der Waals surface area contributed by atoms with Crippen LogP contribution in [0.4, 0.5) is 5.69 Å². The highest BCUT2D eigenvalue weighted by Gasteiger charge is 2.11. The van der Waals surface area contributed by atoms with Crippen LogP contribution in [0.25, 0.3) is 0 Å². The van der Waals surface area contributed by atoms with E-state index in [2.05, 4.69) is 10.3 Å². The minimum Gasteiger partial charge on any atom is -0.454 e.